The Hall–Kier alpha value is -3.76. The van der Waals surface area contributed by atoms with Crippen LogP contribution >= 0.6 is 0 Å². The van der Waals surface area contributed by atoms with Gasteiger partial charge in [0.25, 0.3) is 0 Å². The summed E-state index contributed by atoms with van der Waals surface area (Å²) < 4.78 is 56.2. The Morgan fingerprint density at radius 1 is 1.15 bits per heavy atom. The van der Waals surface area contributed by atoms with Crippen LogP contribution < -0.4 is 14.2 Å². The summed E-state index contributed by atoms with van der Waals surface area (Å²) in [5.74, 6) is 0.601. The summed E-state index contributed by atoms with van der Waals surface area (Å²) in [6.07, 6.45) is -1.18. The smallest absolute Gasteiger partial charge is 0.417 e. The molecule has 0 spiro atoms. The van der Waals surface area contributed by atoms with Gasteiger partial charge in [-0.05, 0) is 50.1 Å². The number of carboxylic acid groups (broad SMARTS) is 1. The van der Waals surface area contributed by atoms with Gasteiger partial charge in [0.05, 0.1) is 32.3 Å². The molecule has 0 aliphatic heterocycles. The van der Waals surface area contributed by atoms with Crippen molar-refractivity contribution in [1.29, 1.82) is 0 Å². The number of hydrogen-bond acceptors (Lipinski definition) is 6. The quantitative estimate of drug-likeness (QED) is 0.409. The van der Waals surface area contributed by atoms with Crippen LogP contribution in [0.2, 0.25) is 0 Å². The van der Waals surface area contributed by atoms with E-state index >= 15 is 0 Å². The van der Waals surface area contributed by atoms with Gasteiger partial charge >= 0.3 is 12.1 Å². The Bertz CT molecular complexity index is 1110. The van der Waals surface area contributed by atoms with Crippen LogP contribution in [0.1, 0.15) is 30.0 Å². The third-order valence-electron chi connectivity index (χ3n) is 4.80. The molecule has 0 aliphatic carbocycles. The van der Waals surface area contributed by atoms with Crippen molar-refractivity contribution in [3.63, 3.8) is 0 Å². The fraction of sp³-hybridized carbons (Fsp3) is 0.348. The molecule has 0 aliphatic rings. The molecule has 0 saturated heterocycles. The van der Waals surface area contributed by atoms with Crippen molar-refractivity contribution >= 4 is 5.97 Å². The monoisotopic (exact) mass is 479 g/mol. The van der Waals surface area contributed by atoms with E-state index in [2.05, 4.69) is 10.1 Å². The molecule has 1 N–H and O–H groups in total. The average molecular weight is 479 g/mol. The normalized spacial score (nSPS) is 11.3. The second kappa shape index (κ2) is 10.9. The molecule has 3 aromatic rings. The van der Waals surface area contributed by atoms with Crippen molar-refractivity contribution in [2.24, 2.45) is 0 Å². The van der Waals surface area contributed by atoms with Crippen LogP contribution in [0.4, 0.5) is 13.2 Å². The third kappa shape index (κ3) is 6.40. The van der Waals surface area contributed by atoms with Crippen molar-refractivity contribution in [3.05, 3.63) is 59.4 Å². The van der Waals surface area contributed by atoms with Gasteiger partial charge in [-0.1, -0.05) is 0 Å². The van der Waals surface area contributed by atoms with Crippen LogP contribution in [-0.2, 0) is 23.8 Å². The number of hydrogen-bond donors (Lipinski definition) is 1. The second-order valence-corrected chi connectivity index (χ2v) is 7.24. The molecule has 0 unspecified atom stereocenters. The highest BCUT2D eigenvalue weighted by Crippen LogP contribution is 2.29. The largest absolute Gasteiger partial charge is 0.497 e. The van der Waals surface area contributed by atoms with Crippen molar-refractivity contribution in [2.75, 3.05) is 20.3 Å². The molecule has 1 aromatic carbocycles. The van der Waals surface area contributed by atoms with Crippen molar-refractivity contribution in [2.45, 2.75) is 32.4 Å². The van der Waals surface area contributed by atoms with E-state index in [0.29, 0.717) is 49.0 Å². The fourth-order valence-corrected chi connectivity index (χ4v) is 3.20. The van der Waals surface area contributed by atoms with Crippen LogP contribution in [0.15, 0.2) is 42.7 Å². The van der Waals surface area contributed by atoms with Crippen LogP contribution in [-0.4, -0.2) is 46.2 Å². The van der Waals surface area contributed by atoms with E-state index in [1.165, 1.54) is 17.9 Å². The predicted molar refractivity (Wildman–Crippen MR) is 116 cm³/mol. The lowest BCUT2D eigenvalue weighted by Gasteiger charge is -2.12. The van der Waals surface area contributed by atoms with E-state index in [4.69, 9.17) is 19.3 Å². The summed E-state index contributed by atoms with van der Waals surface area (Å²) in [7, 11) is 1.50. The van der Waals surface area contributed by atoms with E-state index in [1.807, 2.05) is 0 Å². The maximum atomic E-state index is 12.8. The number of pyridine rings is 1. The number of nitrogens with zero attached hydrogens (tertiary/aromatic N) is 3. The van der Waals surface area contributed by atoms with Gasteiger partial charge in [-0.25, -0.2) is 9.67 Å². The molecule has 0 amide bonds. The average Bonchev–Trinajstić information content (AvgIpc) is 3.19. The van der Waals surface area contributed by atoms with Gasteiger partial charge < -0.3 is 19.3 Å². The first-order valence-corrected chi connectivity index (χ1v) is 10.5. The van der Waals surface area contributed by atoms with Crippen LogP contribution in [0.3, 0.4) is 0 Å². The molecule has 0 radical (unpaired) electrons. The van der Waals surface area contributed by atoms with E-state index in [-0.39, 0.29) is 12.2 Å². The molecule has 0 fully saturated rings. The van der Waals surface area contributed by atoms with Gasteiger partial charge in [0.15, 0.2) is 5.82 Å². The lowest BCUT2D eigenvalue weighted by Crippen LogP contribution is -2.07. The molecular weight excluding hydrogens is 455 g/mol. The lowest BCUT2D eigenvalue weighted by atomic mass is 10.1. The first kappa shape index (κ1) is 24.9. The van der Waals surface area contributed by atoms with Crippen molar-refractivity contribution in [3.8, 4) is 23.2 Å². The SMILES string of the molecule is CCOc1nn(-c2ccc(C(F)(F)F)cn2)cc1CCCOc1ccc(OC)cc1CC(=O)O. The molecule has 0 bridgehead atoms. The first-order valence-electron chi connectivity index (χ1n) is 10.5. The Morgan fingerprint density at radius 2 is 1.94 bits per heavy atom. The highest BCUT2D eigenvalue weighted by atomic mass is 19.4. The fourth-order valence-electron chi connectivity index (χ4n) is 3.20. The maximum Gasteiger partial charge on any atom is 0.417 e. The zero-order valence-electron chi connectivity index (χ0n) is 18.6. The summed E-state index contributed by atoms with van der Waals surface area (Å²) >= 11 is 0. The van der Waals surface area contributed by atoms with E-state index < -0.39 is 17.7 Å². The molecule has 182 valence electrons. The minimum absolute atomic E-state index is 0.200. The molecule has 8 nitrogen and oxygen atoms in total. The van der Waals surface area contributed by atoms with Gasteiger partial charge in [-0.15, -0.1) is 5.10 Å². The predicted octanol–water partition coefficient (Wildman–Crippen LogP) is 4.33. The summed E-state index contributed by atoms with van der Waals surface area (Å²) in [6.45, 7) is 2.47. The lowest BCUT2D eigenvalue weighted by molar-refractivity contribution is -0.138. The standard InChI is InChI=1S/C23H24F3N3O5/c1-3-33-22-15(14-29(28-22)20-9-6-17(13-27-20)23(24,25)26)5-4-10-34-19-8-7-18(32-2)11-16(19)12-21(30)31/h6-9,11,13-14H,3-5,10,12H2,1-2H3,(H,30,31). The molecule has 0 saturated carbocycles. The Labute approximate surface area is 193 Å². The minimum atomic E-state index is -4.47. The third-order valence-corrected chi connectivity index (χ3v) is 4.80. The number of halogens is 3. The molecule has 11 heteroatoms. The van der Waals surface area contributed by atoms with Crippen LogP contribution in [0.25, 0.3) is 5.82 Å². The molecule has 2 heterocycles. The zero-order valence-corrected chi connectivity index (χ0v) is 18.6. The number of carboxylic acids is 1. The molecular formula is C23H24F3N3O5. The molecule has 2 aromatic heterocycles. The number of aromatic nitrogens is 3. The van der Waals surface area contributed by atoms with Gasteiger partial charge in [0.2, 0.25) is 5.88 Å². The number of rotatable bonds is 11. The zero-order chi connectivity index (χ0) is 24.7. The molecule has 3 rings (SSSR count). The molecule has 34 heavy (non-hydrogen) atoms. The van der Waals surface area contributed by atoms with Gasteiger partial charge in [-0.2, -0.15) is 13.2 Å². The van der Waals surface area contributed by atoms with E-state index in [9.17, 15) is 18.0 Å². The highest BCUT2D eigenvalue weighted by molar-refractivity contribution is 5.71. The van der Waals surface area contributed by atoms with Crippen LogP contribution in [0.5, 0.6) is 17.4 Å². The number of aliphatic carboxylic acids is 1. The number of carbonyl (C=O) groups is 1. The summed E-state index contributed by atoms with van der Waals surface area (Å²) in [4.78, 5) is 15.0. The Morgan fingerprint density at radius 3 is 2.56 bits per heavy atom. The summed E-state index contributed by atoms with van der Waals surface area (Å²) in [5.41, 5.74) is 0.405. The second-order valence-electron chi connectivity index (χ2n) is 7.24. The highest BCUT2D eigenvalue weighted by Gasteiger charge is 2.30. The van der Waals surface area contributed by atoms with E-state index in [1.54, 1.807) is 31.3 Å². The summed E-state index contributed by atoms with van der Waals surface area (Å²) in [6, 6.07) is 7.16. The Balaban J connectivity index is 1.67. The van der Waals surface area contributed by atoms with Crippen LogP contribution in [0, 0.1) is 0 Å². The molecule has 0 atom stereocenters. The minimum Gasteiger partial charge on any atom is -0.497 e. The van der Waals surface area contributed by atoms with Gasteiger partial charge in [0.1, 0.15) is 11.5 Å². The topological polar surface area (TPSA) is 95.7 Å². The van der Waals surface area contributed by atoms with Crippen molar-refractivity contribution in [1.82, 2.24) is 14.8 Å². The van der Waals surface area contributed by atoms with E-state index in [0.717, 1.165) is 17.8 Å². The van der Waals surface area contributed by atoms with Crippen molar-refractivity contribution < 1.29 is 37.3 Å². The Kier molecular flexibility index (Phi) is 7.98. The summed E-state index contributed by atoms with van der Waals surface area (Å²) in [5, 5.41) is 13.4. The number of aryl methyl sites for hydroxylation is 1. The van der Waals surface area contributed by atoms with Gasteiger partial charge in [0, 0.05) is 23.5 Å². The number of ether oxygens (including phenoxy) is 3. The van der Waals surface area contributed by atoms with Gasteiger partial charge in [-0.3, -0.25) is 4.79 Å². The first-order chi connectivity index (χ1) is 16.2. The maximum absolute atomic E-state index is 12.8. The number of methoxy groups -OCH3 is 1. The number of benzene rings is 1. The number of alkyl halides is 3.